The first-order valence-corrected chi connectivity index (χ1v) is 12.6. The number of esters is 1. The lowest BCUT2D eigenvalue weighted by atomic mass is 10.1. The van der Waals surface area contributed by atoms with Gasteiger partial charge in [0.1, 0.15) is 0 Å². The van der Waals surface area contributed by atoms with E-state index in [0.29, 0.717) is 27.9 Å². The molecule has 0 radical (unpaired) electrons. The highest BCUT2D eigenvalue weighted by Crippen LogP contribution is 2.26. The summed E-state index contributed by atoms with van der Waals surface area (Å²) in [7, 11) is -3.95. The summed E-state index contributed by atoms with van der Waals surface area (Å²) in [6.07, 6.45) is 0. The molecular weight excluding hydrogens is 460 g/mol. The number of hydrogen-bond donors (Lipinski definition) is 1. The molecule has 4 rings (SSSR count). The van der Waals surface area contributed by atoms with Gasteiger partial charge in [0.05, 0.1) is 39.5 Å². The van der Waals surface area contributed by atoms with Crippen LogP contribution in [0.5, 0.6) is 0 Å². The molecule has 0 atom stereocenters. The number of carbonyl (C=O) groups is 1. The van der Waals surface area contributed by atoms with E-state index in [1.54, 1.807) is 42.7 Å². The highest BCUT2D eigenvalue weighted by atomic mass is 32.2. The largest absolute Gasteiger partial charge is 0.462 e. The monoisotopic (exact) mass is 482 g/mol. The van der Waals surface area contributed by atoms with E-state index in [0.717, 1.165) is 16.9 Å². The molecule has 0 bridgehead atoms. The summed E-state index contributed by atoms with van der Waals surface area (Å²) >= 11 is 1.00. The van der Waals surface area contributed by atoms with Gasteiger partial charge in [-0.05, 0) is 55.3 Å². The van der Waals surface area contributed by atoms with E-state index in [-0.39, 0.29) is 22.1 Å². The van der Waals surface area contributed by atoms with Crippen LogP contribution in [-0.4, -0.2) is 25.6 Å². The summed E-state index contributed by atoms with van der Waals surface area (Å²) in [6.45, 7) is 3.99. The summed E-state index contributed by atoms with van der Waals surface area (Å²) in [5, 5.41) is 0. The van der Waals surface area contributed by atoms with Gasteiger partial charge in [-0.15, -0.1) is 0 Å². The van der Waals surface area contributed by atoms with E-state index in [1.165, 1.54) is 12.1 Å². The van der Waals surface area contributed by atoms with Crippen LogP contribution in [0.15, 0.2) is 76.4 Å². The lowest BCUT2D eigenvalue weighted by molar-refractivity contribution is 0.0525. The van der Waals surface area contributed by atoms with Crippen LogP contribution >= 0.6 is 11.3 Å². The highest BCUT2D eigenvalue weighted by molar-refractivity contribution is 7.92. The van der Waals surface area contributed by atoms with Crippen molar-refractivity contribution < 1.29 is 17.9 Å². The molecule has 0 aliphatic heterocycles. The van der Waals surface area contributed by atoms with Gasteiger partial charge in [-0.3, -0.25) is 14.1 Å². The number of ether oxygens (including phenoxy) is 1. The molecule has 0 spiro atoms. The number of benzene rings is 3. The van der Waals surface area contributed by atoms with Crippen LogP contribution < -0.4 is 9.60 Å². The molecule has 1 N–H and O–H groups in total. The molecule has 0 aliphatic rings. The summed E-state index contributed by atoms with van der Waals surface area (Å²) in [5.74, 6) is -0.512. The molecule has 0 aliphatic carbocycles. The first-order chi connectivity index (χ1) is 15.8. The molecule has 33 heavy (non-hydrogen) atoms. The van der Waals surface area contributed by atoms with E-state index in [9.17, 15) is 18.0 Å². The lowest BCUT2D eigenvalue weighted by Crippen LogP contribution is -2.16. The number of hydrogen-bond acceptors (Lipinski definition) is 6. The fourth-order valence-corrected chi connectivity index (χ4v) is 5.66. The molecule has 0 unspecified atom stereocenters. The van der Waals surface area contributed by atoms with Crippen LogP contribution in [0, 0.1) is 6.92 Å². The minimum absolute atomic E-state index is 0.0315. The first kappa shape index (κ1) is 22.8. The third-order valence-electron chi connectivity index (χ3n) is 5.21. The molecule has 7 nitrogen and oxygen atoms in total. The molecular formula is C24H22N2O5S2. The fourth-order valence-electron chi connectivity index (χ4n) is 3.51. The summed E-state index contributed by atoms with van der Waals surface area (Å²) in [6, 6.07) is 19.0. The Morgan fingerprint density at radius 3 is 2.55 bits per heavy atom. The summed E-state index contributed by atoms with van der Waals surface area (Å²) in [5.41, 5.74) is 2.71. The molecule has 1 aromatic heterocycles. The van der Waals surface area contributed by atoms with Gasteiger partial charge in [0, 0.05) is 0 Å². The number of nitrogens with zero attached hydrogens (tertiary/aromatic N) is 1. The van der Waals surface area contributed by atoms with Crippen molar-refractivity contribution in [1.82, 2.24) is 4.57 Å². The van der Waals surface area contributed by atoms with E-state index in [2.05, 4.69) is 4.72 Å². The second-order valence-electron chi connectivity index (χ2n) is 7.37. The second kappa shape index (κ2) is 9.21. The Morgan fingerprint density at radius 2 is 1.82 bits per heavy atom. The Hall–Kier alpha value is -3.43. The maximum absolute atomic E-state index is 13.1. The Bertz CT molecular complexity index is 1490. The molecule has 0 saturated heterocycles. The number of fused-ring (bicyclic) bond motifs is 1. The summed E-state index contributed by atoms with van der Waals surface area (Å²) < 4.78 is 36.0. The SMILES string of the molecule is CCOC(=O)c1cccc(NS(=O)(=O)c2ccc3c(c2)sc(=O)n3Cc2ccccc2)c1C. The number of rotatable bonds is 7. The zero-order chi connectivity index (χ0) is 23.6. The van der Waals surface area contributed by atoms with Crippen molar-refractivity contribution in [3.8, 4) is 0 Å². The lowest BCUT2D eigenvalue weighted by Gasteiger charge is -2.13. The molecule has 0 fully saturated rings. The summed E-state index contributed by atoms with van der Waals surface area (Å²) in [4.78, 5) is 24.6. The molecule has 0 saturated carbocycles. The zero-order valence-corrected chi connectivity index (χ0v) is 19.7. The highest BCUT2D eigenvalue weighted by Gasteiger charge is 2.20. The zero-order valence-electron chi connectivity index (χ0n) is 18.1. The van der Waals surface area contributed by atoms with Crippen molar-refractivity contribution >= 4 is 43.2 Å². The van der Waals surface area contributed by atoms with Gasteiger partial charge in [-0.25, -0.2) is 13.2 Å². The third-order valence-corrected chi connectivity index (χ3v) is 7.51. The second-order valence-corrected chi connectivity index (χ2v) is 10.0. The first-order valence-electron chi connectivity index (χ1n) is 10.3. The molecule has 4 aromatic rings. The number of carbonyl (C=O) groups excluding carboxylic acids is 1. The molecule has 3 aromatic carbocycles. The van der Waals surface area contributed by atoms with Gasteiger partial charge < -0.3 is 4.74 Å². The minimum atomic E-state index is -3.95. The van der Waals surface area contributed by atoms with Crippen molar-refractivity contribution in [2.24, 2.45) is 0 Å². The van der Waals surface area contributed by atoms with Gasteiger partial charge in [-0.2, -0.15) is 0 Å². The van der Waals surface area contributed by atoms with Crippen LogP contribution in [0.2, 0.25) is 0 Å². The maximum atomic E-state index is 13.1. The van der Waals surface area contributed by atoms with E-state index in [4.69, 9.17) is 4.74 Å². The van der Waals surface area contributed by atoms with Crippen LogP contribution in [0.4, 0.5) is 5.69 Å². The van der Waals surface area contributed by atoms with Gasteiger partial charge in [0.2, 0.25) is 0 Å². The Kier molecular flexibility index (Phi) is 6.35. The number of anilines is 1. The van der Waals surface area contributed by atoms with Crippen LogP contribution in [0.25, 0.3) is 10.2 Å². The van der Waals surface area contributed by atoms with Gasteiger partial charge >= 0.3 is 10.8 Å². The van der Waals surface area contributed by atoms with Crippen LogP contribution in [0.1, 0.15) is 28.4 Å². The average Bonchev–Trinajstić information content (AvgIpc) is 3.10. The predicted octanol–water partition coefficient (Wildman–Crippen LogP) is 4.40. The van der Waals surface area contributed by atoms with Crippen LogP contribution in [-0.2, 0) is 21.3 Å². The van der Waals surface area contributed by atoms with Gasteiger partial charge in [0.25, 0.3) is 10.0 Å². The normalized spacial score (nSPS) is 11.5. The van der Waals surface area contributed by atoms with Crippen molar-refractivity contribution in [2.45, 2.75) is 25.3 Å². The molecule has 0 amide bonds. The molecule has 170 valence electrons. The minimum Gasteiger partial charge on any atom is -0.462 e. The van der Waals surface area contributed by atoms with Gasteiger partial charge in [0.15, 0.2) is 0 Å². The number of sulfonamides is 1. The standard InChI is InChI=1S/C24H22N2O5S2/c1-3-31-23(27)19-10-7-11-20(16(19)2)25-33(29,30)18-12-13-21-22(14-18)32-24(28)26(21)15-17-8-5-4-6-9-17/h4-14,25H,3,15H2,1-2H3. The third kappa shape index (κ3) is 4.69. The predicted molar refractivity (Wildman–Crippen MR) is 130 cm³/mol. The Balaban J connectivity index is 1.66. The molecule has 1 heterocycles. The average molecular weight is 483 g/mol. The van der Waals surface area contributed by atoms with Crippen molar-refractivity contribution in [1.29, 1.82) is 0 Å². The maximum Gasteiger partial charge on any atom is 0.338 e. The molecule has 9 heteroatoms. The number of thiazole rings is 1. The van der Waals surface area contributed by atoms with E-state index in [1.807, 2.05) is 30.3 Å². The Morgan fingerprint density at radius 1 is 1.06 bits per heavy atom. The smallest absolute Gasteiger partial charge is 0.338 e. The van der Waals surface area contributed by atoms with E-state index >= 15 is 0 Å². The number of nitrogens with one attached hydrogen (secondary N) is 1. The fraction of sp³-hybridized carbons (Fsp3) is 0.167. The van der Waals surface area contributed by atoms with Crippen LogP contribution in [0.3, 0.4) is 0 Å². The number of aromatic nitrogens is 1. The van der Waals surface area contributed by atoms with Crippen molar-refractivity contribution in [3.63, 3.8) is 0 Å². The van der Waals surface area contributed by atoms with Crippen molar-refractivity contribution in [3.05, 3.63) is 93.1 Å². The topological polar surface area (TPSA) is 94.5 Å². The van der Waals surface area contributed by atoms with E-state index < -0.39 is 16.0 Å². The van der Waals surface area contributed by atoms with Crippen molar-refractivity contribution in [2.75, 3.05) is 11.3 Å². The Labute approximate surface area is 195 Å². The quantitative estimate of drug-likeness (QED) is 0.394. The van der Waals surface area contributed by atoms with Gasteiger partial charge in [-0.1, -0.05) is 47.7 Å².